The highest BCUT2D eigenvalue weighted by molar-refractivity contribution is 7.80. The van der Waals surface area contributed by atoms with Crippen LogP contribution in [0.3, 0.4) is 0 Å². The average Bonchev–Trinajstić information content (AvgIpc) is 3.86. The number of hydrogen-bond acceptors (Lipinski definition) is 20. The molecule has 76 heavy (non-hydrogen) atoms. The predicted molar refractivity (Wildman–Crippen MR) is 270 cm³/mol. The lowest BCUT2D eigenvalue weighted by Crippen LogP contribution is -2.76. The number of hydroxylamine groups is 2. The Morgan fingerprint density at radius 3 is 2.05 bits per heavy atom. The number of rotatable bonds is 19. The molecule has 4 heterocycles. The van der Waals surface area contributed by atoms with E-state index in [9.17, 15) is 46.8 Å². The Labute approximate surface area is 445 Å². The van der Waals surface area contributed by atoms with Crippen molar-refractivity contribution in [2.75, 3.05) is 31.6 Å². The van der Waals surface area contributed by atoms with E-state index in [4.69, 9.17) is 28.5 Å². The van der Waals surface area contributed by atoms with E-state index < -0.39 is 105 Å². The van der Waals surface area contributed by atoms with Gasteiger partial charge in [0.1, 0.15) is 53.0 Å². The molecule has 0 spiro atoms. The largest absolute Gasteiger partial charge is 0.724 e. The highest BCUT2D eigenvalue weighted by atomic mass is 32.3. The van der Waals surface area contributed by atoms with Gasteiger partial charge in [-0.3, -0.25) is 14.9 Å². The number of likely N-dealkylation sites (tertiary alicyclic amines) is 1. The summed E-state index contributed by atoms with van der Waals surface area (Å²) in [4.78, 5) is 89.7. The molecule has 3 aromatic rings. The number of carbonyl (C=O) groups is 6. The standard InChI is InChI=1S/C48H69N9O17S2/c1-44(2,3)69-39(61)34(73-53-35(33-27-75-40(50-33)52-42(63)71-46(7,8)9)37(59)51-36-38(60)57(48(36,13)14)74-76(65,66)67)26-68-32-17-15-29(16-18-32)30-23-55(22-28-20-54(21-28)43(64)72-47(10,11)12)56(24-30)25-31(58)19-49-41(62)70-45(4,5)6/h15-18,23-24,27-28,31,34,36,58H,19-22,25-26H2,1-14H3,(H3-,49,50,51,52,59,62,63,65,66,67)/b53-35-. The van der Waals surface area contributed by atoms with E-state index in [2.05, 4.69) is 30.4 Å². The van der Waals surface area contributed by atoms with Crippen molar-refractivity contribution in [3.05, 3.63) is 47.7 Å². The fraction of sp³-hybridized carbons (Fsp3) is 0.604. The highest BCUT2D eigenvalue weighted by Crippen LogP contribution is 2.33. The number of anilines is 1. The molecule has 4 N–H and O–H groups in total. The van der Waals surface area contributed by atoms with Crippen LogP contribution in [0.5, 0.6) is 5.75 Å². The molecule has 420 valence electrons. The van der Waals surface area contributed by atoms with E-state index in [-0.39, 0.29) is 35.6 Å². The number of aliphatic hydroxyl groups is 1. The first-order valence-electron chi connectivity index (χ1n) is 24.0. The smallest absolute Gasteiger partial charge is 0.413 e. The van der Waals surface area contributed by atoms with Crippen molar-refractivity contribution in [1.82, 2.24) is 30.3 Å². The number of β-lactam (4-membered cyclic amide) rings is 1. The van der Waals surface area contributed by atoms with Crippen molar-refractivity contribution in [2.24, 2.45) is 11.1 Å². The number of amides is 5. The van der Waals surface area contributed by atoms with Gasteiger partial charge in [0.2, 0.25) is 16.6 Å². The van der Waals surface area contributed by atoms with Crippen LogP contribution in [0, 0.1) is 5.92 Å². The minimum absolute atomic E-state index is 0.0398. The number of nitrogens with one attached hydrogen (secondary N) is 3. The van der Waals surface area contributed by atoms with Crippen molar-refractivity contribution < 1.29 is 84.3 Å². The molecule has 2 aromatic heterocycles. The number of ether oxygens (including phenoxy) is 5. The van der Waals surface area contributed by atoms with Crippen LogP contribution in [0.15, 0.2) is 47.2 Å². The van der Waals surface area contributed by atoms with Crippen LogP contribution in [0.1, 0.15) is 103 Å². The topological polar surface area (TPSA) is 321 Å². The second kappa shape index (κ2) is 23.3. The van der Waals surface area contributed by atoms with Gasteiger partial charge in [-0.2, -0.15) is 14.0 Å². The van der Waals surface area contributed by atoms with Gasteiger partial charge >= 0.3 is 24.2 Å². The minimum atomic E-state index is -5.37. The Hall–Kier alpha value is -6.62. The van der Waals surface area contributed by atoms with Crippen molar-refractivity contribution >= 4 is 68.6 Å². The molecule has 2 saturated heterocycles. The molecule has 2 fully saturated rings. The summed E-state index contributed by atoms with van der Waals surface area (Å²) < 4.78 is 69.7. The van der Waals surface area contributed by atoms with Crippen LogP contribution in [0.4, 0.5) is 19.5 Å². The first-order valence-corrected chi connectivity index (χ1v) is 26.2. The summed E-state index contributed by atoms with van der Waals surface area (Å²) in [7, 11) is -5.37. The number of nitrogens with zero attached hydrogens (tertiary/aromatic N) is 6. The van der Waals surface area contributed by atoms with Crippen molar-refractivity contribution in [3.63, 3.8) is 0 Å². The molecule has 26 nitrogen and oxygen atoms in total. The normalized spacial score (nSPS) is 17.1. The van der Waals surface area contributed by atoms with Crippen LogP contribution >= 0.6 is 11.3 Å². The van der Waals surface area contributed by atoms with Gasteiger partial charge in [-0.15, -0.1) is 16.0 Å². The quantitative estimate of drug-likeness (QED) is 0.0193. The van der Waals surface area contributed by atoms with Gasteiger partial charge in [0.05, 0.1) is 29.3 Å². The highest BCUT2D eigenvalue weighted by Gasteiger charge is 2.57. The van der Waals surface area contributed by atoms with Crippen LogP contribution in [0.2, 0.25) is 0 Å². The monoisotopic (exact) mass is 1110 g/mol. The first kappa shape index (κ1) is 60.2. The molecule has 0 radical (unpaired) electrons. The molecule has 3 atom stereocenters. The van der Waals surface area contributed by atoms with Gasteiger partial charge in [-0.1, -0.05) is 17.3 Å². The van der Waals surface area contributed by atoms with Crippen LogP contribution in [-0.2, 0) is 65.9 Å². The molecule has 0 aliphatic carbocycles. The number of thiazole rings is 1. The van der Waals surface area contributed by atoms with Gasteiger partial charge in [-0.25, -0.2) is 32.6 Å². The molecule has 28 heteroatoms. The third-order valence-electron chi connectivity index (χ3n) is 10.5. The lowest BCUT2D eigenvalue weighted by Gasteiger charge is -2.51. The third-order valence-corrected chi connectivity index (χ3v) is 11.5. The van der Waals surface area contributed by atoms with E-state index >= 15 is 0 Å². The Kier molecular flexibility index (Phi) is 18.5. The molecule has 0 bridgehead atoms. The zero-order valence-corrected chi connectivity index (χ0v) is 46.7. The van der Waals surface area contributed by atoms with E-state index in [1.54, 1.807) is 112 Å². The molecule has 3 unspecified atom stereocenters. The second-order valence-corrected chi connectivity index (χ2v) is 24.3. The minimum Gasteiger partial charge on any atom is -0.724 e. The molecule has 1 aromatic carbocycles. The van der Waals surface area contributed by atoms with Gasteiger partial charge in [0.25, 0.3) is 17.9 Å². The summed E-state index contributed by atoms with van der Waals surface area (Å²) in [5, 5.41) is 24.1. The predicted octanol–water partition coefficient (Wildman–Crippen LogP) is 4.01. The lowest BCUT2D eigenvalue weighted by atomic mass is 9.84. The number of benzene rings is 1. The summed E-state index contributed by atoms with van der Waals surface area (Å²) in [6, 6.07) is 5.31. The van der Waals surface area contributed by atoms with Crippen LogP contribution in [-0.4, -0.2) is 152 Å². The molecular weight excluding hydrogens is 1040 g/mol. The van der Waals surface area contributed by atoms with E-state index in [1.807, 2.05) is 21.8 Å². The Morgan fingerprint density at radius 1 is 0.895 bits per heavy atom. The average molecular weight is 1110 g/mol. The van der Waals surface area contributed by atoms with E-state index in [1.165, 1.54) is 19.2 Å². The number of esters is 1. The van der Waals surface area contributed by atoms with Crippen molar-refractivity contribution in [1.29, 1.82) is 0 Å². The number of aromatic nitrogens is 3. The van der Waals surface area contributed by atoms with Crippen molar-refractivity contribution in [2.45, 2.75) is 156 Å². The molecule has 0 saturated carbocycles. The van der Waals surface area contributed by atoms with Gasteiger partial charge in [-0.05, 0) is 115 Å². The van der Waals surface area contributed by atoms with Crippen LogP contribution < -0.4 is 25.4 Å². The molecule has 2 aliphatic heterocycles. The number of oxime groups is 1. The van der Waals surface area contributed by atoms with Gasteiger partial charge < -0.3 is 53.7 Å². The van der Waals surface area contributed by atoms with E-state index in [0.29, 0.717) is 24.7 Å². The maximum absolute atomic E-state index is 14.0. The summed E-state index contributed by atoms with van der Waals surface area (Å²) in [5.74, 6) is -2.81. The summed E-state index contributed by atoms with van der Waals surface area (Å²) >= 11 is 0.867. The fourth-order valence-corrected chi connectivity index (χ4v) is 8.31. The zero-order valence-electron chi connectivity index (χ0n) is 45.1. The third kappa shape index (κ3) is 18.0. The molecule has 5 rings (SSSR count). The molecule has 2 aliphatic rings. The number of alkyl carbamates (subject to hydrolysis) is 1. The van der Waals surface area contributed by atoms with Gasteiger partial charge in [0, 0.05) is 25.0 Å². The molecular formula is C48H69N9O17S2. The first-order chi connectivity index (χ1) is 34.8. The Balaban J connectivity index is 1.37. The summed E-state index contributed by atoms with van der Waals surface area (Å²) in [6.45, 7) is 23.9. The SMILES string of the molecule is CC(C)(C)OC(=O)NCC(O)Cn1cc(-c2ccc(OCC(O/N=C(\C(=O)NC3C(=O)N(OS(=O)(=O)[O-])C3(C)C)c3csc(NC(=O)OC(C)(C)C)n3)C(=O)OC(C)(C)C)cc2)c[n+]1CC1CN(C(=O)OC(C)(C)C)C1. The van der Waals surface area contributed by atoms with Crippen molar-refractivity contribution in [3.8, 4) is 16.9 Å². The molecule has 5 amide bonds. The number of hydrogen-bond donors (Lipinski definition) is 4. The Bertz CT molecular complexity index is 2720. The maximum Gasteiger partial charge on any atom is 0.413 e. The Morgan fingerprint density at radius 2 is 1.49 bits per heavy atom. The van der Waals surface area contributed by atoms with Crippen LogP contribution in [0.25, 0.3) is 11.1 Å². The van der Waals surface area contributed by atoms with Gasteiger partial charge in [0.15, 0.2) is 17.4 Å². The summed E-state index contributed by atoms with van der Waals surface area (Å²) in [6.07, 6.45) is -0.874. The lowest BCUT2D eigenvalue weighted by molar-refractivity contribution is -0.782. The summed E-state index contributed by atoms with van der Waals surface area (Å²) in [5.41, 5.74) is -4.18. The second-order valence-electron chi connectivity index (χ2n) is 22.5. The fourth-order valence-electron chi connectivity index (χ4n) is 7.18. The number of carbonyl (C=O) groups excluding carboxylic acids is 6. The number of aliphatic hydroxyl groups excluding tert-OH is 1. The zero-order chi connectivity index (χ0) is 56.9. The maximum atomic E-state index is 14.0. The van der Waals surface area contributed by atoms with E-state index in [0.717, 1.165) is 22.5 Å².